The third-order valence-electron chi connectivity index (χ3n) is 12.6. The second-order valence-corrected chi connectivity index (χ2v) is 16.8. The van der Waals surface area contributed by atoms with Gasteiger partial charge >= 0.3 is 0 Å². The Kier molecular flexibility index (Phi) is 10.2. The van der Waals surface area contributed by atoms with E-state index >= 15 is 0 Å². The molecular weight excluding hydrogens is 815 g/mol. The van der Waals surface area contributed by atoms with Crippen LogP contribution < -0.4 is 0 Å². The van der Waals surface area contributed by atoms with Gasteiger partial charge in [0, 0.05) is 33.0 Å². The maximum atomic E-state index is 6.79. The first-order chi connectivity index (χ1) is 33.2. The summed E-state index contributed by atoms with van der Waals surface area (Å²) in [5, 5.41) is 1.96. The van der Waals surface area contributed by atoms with Crippen molar-refractivity contribution >= 4 is 21.9 Å². The normalized spacial score (nSPS) is 11.3. The fraction of sp³-hybridized carbons (Fsp3) is 0. The van der Waals surface area contributed by atoms with Gasteiger partial charge in [0.2, 0.25) is 0 Å². The summed E-state index contributed by atoms with van der Waals surface area (Å²) in [6, 6.07) is 87.0. The van der Waals surface area contributed by atoms with Gasteiger partial charge in [-0.05, 0) is 79.4 Å². The van der Waals surface area contributed by atoms with Crippen LogP contribution in [0, 0.1) is 0 Å². The molecule has 4 heteroatoms. The van der Waals surface area contributed by atoms with E-state index in [1.807, 2.05) is 24.3 Å². The molecule has 0 radical (unpaired) electrons. The Morgan fingerprint density at radius 2 is 0.582 bits per heavy atom. The van der Waals surface area contributed by atoms with Crippen LogP contribution in [0.25, 0.3) is 123 Å². The minimum Gasteiger partial charge on any atom is -0.455 e. The second-order valence-electron chi connectivity index (χ2n) is 16.8. The Balaban J connectivity index is 0.936. The SMILES string of the molecule is c1ccc(-c2ccc(-c3nc(-c4ccc(-c5cccc(-c6ccccc6)c5)cc4)nc(-c4cccc5oc6c(-c7ccc(-c8cccc(-c9ccccc9)c8)cc7)cccc6c45)n3)cc2)cc1. The summed E-state index contributed by atoms with van der Waals surface area (Å²) in [6.07, 6.45) is 0. The van der Waals surface area contributed by atoms with Gasteiger partial charge in [0.05, 0.1) is 0 Å². The van der Waals surface area contributed by atoms with Crippen LogP contribution in [0.15, 0.2) is 253 Å². The van der Waals surface area contributed by atoms with Crippen molar-refractivity contribution in [2.24, 2.45) is 0 Å². The number of hydrogen-bond acceptors (Lipinski definition) is 4. The van der Waals surface area contributed by atoms with Crippen molar-refractivity contribution in [2.75, 3.05) is 0 Å². The van der Waals surface area contributed by atoms with Crippen molar-refractivity contribution in [3.05, 3.63) is 249 Å². The summed E-state index contributed by atoms with van der Waals surface area (Å²) in [7, 11) is 0. The molecule has 0 aliphatic heterocycles. The van der Waals surface area contributed by atoms with E-state index in [1.165, 1.54) is 27.8 Å². The van der Waals surface area contributed by atoms with Gasteiger partial charge in [-0.15, -0.1) is 0 Å². The Labute approximate surface area is 389 Å². The second kappa shape index (κ2) is 17.2. The summed E-state index contributed by atoms with van der Waals surface area (Å²) in [5.74, 6) is 1.77. The quantitative estimate of drug-likeness (QED) is 0.145. The lowest BCUT2D eigenvalue weighted by Crippen LogP contribution is -2.00. The smallest absolute Gasteiger partial charge is 0.164 e. The largest absolute Gasteiger partial charge is 0.455 e. The summed E-state index contributed by atoms with van der Waals surface area (Å²) in [5.41, 5.74) is 18.0. The number of benzene rings is 10. The standard InChI is InChI=1S/C63H41N3O/c1-4-14-42(15-5-1)45-30-36-49(37-31-45)61-64-62(50-38-32-47(33-39-50)54-23-11-21-52(41-54)44-18-8-3-9-19-44)66-63(65-61)57-26-13-27-58-59(57)56-25-12-24-55(60(56)67-58)48-34-28-46(29-35-48)53-22-10-20-51(40-53)43-16-6-2-7-17-43/h1-41H. The Hall–Kier alpha value is -8.99. The number of furan rings is 1. The van der Waals surface area contributed by atoms with Crippen molar-refractivity contribution in [1.29, 1.82) is 0 Å². The lowest BCUT2D eigenvalue weighted by atomic mass is 9.96. The molecule has 0 spiro atoms. The van der Waals surface area contributed by atoms with Crippen molar-refractivity contribution in [3.63, 3.8) is 0 Å². The zero-order chi connectivity index (χ0) is 44.5. The van der Waals surface area contributed by atoms with E-state index in [4.69, 9.17) is 19.4 Å². The zero-order valence-corrected chi connectivity index (χ0v) is 36.4. The van der Waals surface area contributed by atoms with Crippen LogP contribution in [-0.4, -0.2) is 15.0 Å². The molecular formula is C63H41N3O. The number of para-hydroxylation sites is 1. The van der Waals surface area contributed by atoms with Crippen LogP contribution >= 0.6 is 0 Å². The first kappa shape index (κ1) is 39.6. The fourth-order valence-electron chi connectivity index (χ4n) is 9.13. The van der Waals surface area contributed by atoms with Crippen LogP contribution in [0.5, 0.6) is 0 Å². The monoisotopic (exact) mass is 855 g/mol. The van der Waals surface area contributed by atoms with E-state index in [-0.39, 0.29) is 0 Å². The summed E-state index contributed by atoms with van der Waals surface area (Å²) in [4.78, 5) is 15.6. The molecule has 0 aliphatic rings. The van der Waals surface area contributed by atoms with Gasteiger partial charge in [0.15, 0.2) is 17.5 Å². The number of rotatable bonds is 9. The molecule has 0 saturated carbocycles. The Morgan fingerprint density at radius 3 is 1.07 bits per heavy atom. The zero-order valence-electron chi connectivity index (χ0n) is 36.4. The van der Waals surface area contributed by atoms with Crippen molar-refractivity contribution < 1.29 is 4.42 Å². The number of hydrogen-bond donors (Lipinski definition) is 0. The highest BCUT2D eigenvalue weighted by molar-refractivity contribution is 6.15. The average molecular weight is 856 g/mol. The molecule has 67 heavy (non-hydrogen) atoms. The molecule has 0 aliphatic carbocycles. The third kappa shape index (κ3) is 7.77. The van der Waals surface area contributed by atoms with Crippen LogP contribution in [0.1, 0.15) is 0 Å². The minimum atomic E-state index is 0.576. The van der Waals surface area contributed by atoms with Gasteiger partial charge in [0.1, 0.15) is 11.2 Å². The molecule has 12 aromatic rings. The van der Waals surface area contributed by atoms with E-state index in [1.54, 1.807) is 0 Å². The van der Waals surface area contributed by atoms with Gasteiger partial charge in [-0.2, -0.15) is 0 Å². The van der Waals surface area contributed by atoms with E-state index in [0.29, 0.717) is 17.5 Å². The fourth-order valence-corrected chi connectivity index (χ4v) is 9.13. The third-order valence-corrected chi connectivity index (χ3v) is 12.6. The predicted octanol–water partition coefficient (Wildman–Crippen LogP) is 16.8. The molecule has 4 nitrogen and oxygen atoms in total. The lowest BCUT2D eigenvalue weighted by molar-refractivity contribution is 0.670. The van der Waals surface area contributed by atoms with Crippen LogP contribution in [-0.2, 0) is 0 Å². The lowest BCUT2D eigenvalue weighted by Gasteiger charge is -2.11. The van der Waals surface area contributed by atoms with Crippen LogP contribution in [0.3, 0.4) is 0 Å². The predicted molar refractivity (Wildman–Crippen MR) is 276 cm³/mol. The molecule has 0 bridgehead atoms. The molecule has 0 atom stereocenters. The minimum absolute atomic E-state index is 0.576. The molecule has 0 saturated heterocycles. The van der Waals surface area contributed by atoms with Crippen molar-refractivity contribution in [2.45, 2.75) is 0 Å². The topological polar surface area (TPSA) is 51.8 Å². The van der Waals surface area contributed by atoms with Gasteiger partial charge in [-0.25, -0.2) is 15.0 Å². The number of aromatic nitrogens is 3. The maximum Gasteiger partial charge on any atom is 0.164 e. The van der Waals surface area contributed by atoms with Crippen LogP contribution in [0.2, 0.25) is 0 Å². The van der Waals surface area contributed by atoms with Gasteiger partial charge in [-0.1, -0.05) is 231 Å². The molecule has 314 valence electrons. The molecule has 0 N–H and O–H groups in total. The van der Waals surface area contributed by atoms with Crippen LogP contribution in [0.4, 0.5) is 0 Å². The first-order valence-electron chi connectivity index (χ1n) is 22.6. The van der Waals surface area contributed by atoms with E-state index in [0.717, 1.165) is 77.6 Å². The maximum absolute atomic E-state index is 6.79. The highest BCUT2D eigenvalue weighted by Crippen LogP contribution is 2.41. The van der Waals surface area contributed by atoms with E-state index < -0.39 is 0 Å². The van der Waals surface area contributed by atoms with Gasteiger partial charge < -0.3 is 4.42 Å². The van der Waals surface area contributed by atoms with E-state index in [2.05, 4.69) is 224 Å². The van der Waals surface area contributed by atoms with Crippen molar-refractivity contribution in [3.8, 4) is 101 Å². The van der Waals surface area contributed by atoms with E-state index in [9.17, 15) is 0 Å². The molecule has 2 heterocycles. The summed E-state index contributed by atoms with van der Waals surface area (Å²) in [6.45, 7) is 0. The van der Waals surface area contributed by atoms with Crippen molar-refractivity contribution in [1.82, 2.24) is 15.0 Å². The number of nitrogens with zero attached hydrogens (tertiary/aromatic N) is 3. The highest BCUT2D eigenvalue weighted by atomic mass is 16.3. The molecule has 2 aromatic heterocycles. The Bertz CT molecular complexity index is 3700. The molecule has 0 unspecified atom stereocenters. The first-order valence-corrected chi connectivity index (χ1v) is 22.6. The van der Waals surface area contributed by atoms with Gasteiger partial charge in [-0.3, -0.25) is 0 Å². The molecule has 10 aromatic carbocycles. The Morgan fingerprint density at radius 1 is 0.239 bits per heavy atom. The summed E-state index contributed by atoms with van der Waals surface area (Å²) >= 11 is 0. The number of fused-ring (bicyclic) bond motifs is 3. The summed E-state index contributed by atoms with van der Waals surface area (Å²) < 4.78 is 6.79. The average Bonchev–Trinajstić information content (AvgIpc) is 3.81. The molecule has 0 amide bonds. The van der Waals surface area contributed by atoms with Gasteiger partial charge in [0.25, 0.3) is 0 Å². The highest BCUT2D eigenvalue weighted by Gasteiger charge is 2.20. The molecule has 12 rings (SSSR count). The molecule has 0 fully saturated rings.